The van der Waals surface area contributed by atoms with Gasteiger partial charge in [-0.1, -0.05) is 0 Å². The van der Waals surface area contributed by atoms with Crippen LogP contribution >= 0.6 is 0 Å². The molecule has 0 saturated heterocycles. The second kappa shape index (κ2) is 6.34. The van der Waals surface area contributed by atoms with Gasteiger partial charge < -0.3 is 15.0 Å². The maximum absolute atomic E-state index is 12.0. The van der Waals surface area contributed by atoms with Crippen molar-refractivity contribution in [2.24, 2.45) is 0 Å². The minimum absolute atomic E-state index is 0.0999. The van der Waals surface area contributed by atoms with Gasteiger partial charge >= 0.3 is 0 Å². The van der Waals surface area contributed by atoms with Gasteiger partial charge in [-0.15, -0.1) is 0 Å². The zero-order chi connectivity index (χ0) is 14.5. The average molecular weight is 273 g/mol. The fourth-order valence-corrected chi connectivity index (χ4v) is 1.85. The van der Waals surface area contributed by atoms with Crippen molar-refractivity contribution in [2.75, 3.05) is 34.3 Å². The van der Waals surface area contributed by atoms with E-state index in [0.29, 0.717) is 12.1 Å². The molecule has 1 heterocycles. The zero-order valence-corrected chi connectivity index (χ0v) is 12.0. The summed E-state index contributed by atoms with van der Waals surface area (Å²) in [7, 11) is 5.56. The van der Waals surface area contributed by atoms with Crippen molar-refractivity contribution in [3.63, 3.8) is 0 Å². The molecule has 0 bridgehead atoms. The van der Waals surface area contributed by atoms with Crippen LogP contribution in [0, 0.1) is 0 Å². The summed E-state index contributed by atoms with van der Waals surface area (Å²) in [6, 6.07) is 7.45. The largest absolute Gasteiger partial charge is 0.497 e. The third kappa shape index (κ3) is 3.45. The van der Waals surface area contributed by atoms with E-state index >= 15 is 0 Å². The molecule has 0 aliphatic rings. The Hall–Kier alpha value is -2.14. The molecule has 0 fully saturated rings. The van der Waals surface area contributed by atoms with Crippen molar-refractivity contribution in [3.05, 3.63) is 36.0 Å². The first-order valence-electron chi connectivity index (χ1n) is 6.47. The van der Waals surface area contributed by atoms with Crippen molar-refractivity contribution >= 4 is 16.8 Å². The molecule has 1 amide bonds. The molecule has 0 aliphatic heterocycles. The summed E-state index contributed by atoms with van der Waals surface area (Å²) in [6.45, 7) is 1.43. The number of carbonyl (C=O) groups is 1. The molecule has 106 valence electrons. The number of fused-ring (bicyclic) bond motifs is 1. The van der Waals surface area contributed by atoms with Crippen LogP contribution < -0.4 is 10.1 Å². The number of nitrogens with one attached hydrogen (secondary N) is 1. The van der Waals surface area contributed by atoms with Gasteiger partial charge in [-0.25, -0.2) is 0 Å². The van der Waals surface area contributed by atoms with Crippen LogP contribution in [0.1, 0.15) is 10.4 Å². The van der Waals surface area contributed by atoms with E-state index < -0.39 is 0 Å². The van der Waals surface area contributed by atoms with Gasteiger partial charge in [0.2, 0.25) is 0 Å². The SMILES string of the molecule is COc1ccc2cc(C(=O)NCCN(C)C)cnc2c1. The highest BCUT2D eigenvalue weighted by atomic mass is 16.5. The second-order valence-electron chi connectivity index (χ2n) is 4.84. The summed E-state index contributed by atoms with van der Waals surface area (Å²) in [5.74, 6) is 0.658. The second-order valence-corrected chi connectivity index (χ2v) is 4.84. The summed E-state index contributed by atoms with van der Waals surface area (Å²) in [5, 5.41) is 3.79. The number of nitrogens with zero attached hydrogens (tertiary/aromatic N) is 2. The van der Waals surface area contributed by atoms with E-state index in [1.54, 1.807) is 13.3 Å². The molecule has 0 atom stereocenters. The quantitative estimate of drug-likeness (QED) is 0.897. The molecule has 5 heteroatoms. The number of likely N-dealkylation sites (N-methyl/N-ethyl adjacent to an activating group) is 1. The Kier molecular flexibility index (Phi) is 4.53. The molecule has 1 aromatic carbocycles. The Morgan fingerprint density at radius 1 is 1.35 bits per heavy atom. The molecule has 5 nitrogen and oxygen atoms in total. The first-order valence-corrected chi connectivity index (χ1v) is 6.47. The van der Waals surface area contributed by atoms with Gasteiger partial charge in [0.1, 0.15) is 5.75 Å². The maximum atomic E-state index is 12.0. The number of amides is 1. The first-order chi connectivity index (χ1) is 9.60. The highest BCUT2D eigenvalue weighted by Gasteiger charge is 2.07. The number of hydrogen-bond acceptors (Lipinski definition) is 4. The minimum Gasteiger partial charge on any atom is -0.497 e. The monoisotopic (exact) mass is 273 g/mol. The van der Waals surface area contributed by atoms with Gasteiger partial charge in [-0.3, -0.25) is 9.78 Å². The van der Waals surface area contributed by atoms with E-state index in [-0.39, 0.29) is 5.91 Å². The molecule has 1 N–H and O–H groups in total. The molecule has 0 spiro atoms. The molecule has 0 aliphatic carbocycles. The third-order valence-corrected chi connectivity index (χ3v) is 3.00. The molecule has 2 aromatic rings. The number of rotatable bonds is 5. The van der Waals surface area contributed by atoms with E-state index in [1.807, 2.05) is 43.3 Å². The standard InChI is InChI=1S/C15H19N3O2/c1-18(2)7-6-16-15(19)12-8-11-4-5-13(20-3)9-14(11)17-10-12/h4-5,8-10H,6-7H2,1-3H3,(H,16,19). The smallest absolute Gasteiger partial charge is 0.252 e. The van der Waals surface area contributed by atoms with Crippen LogP contribution in [0.25, 0.3) is 10.9 Å². The van der Waals surface area contributed by atoms with Gasteiger partial charge in [0.15, 0.2) is 0 Å². The maximum Gasteiger partial charge on any atom is 0.252 e. The van der Waals surface area contributed by atoms with Crippen molar-refractivity contribution in [1.82, 2.24) is 15.2 Å². The lowest BCUT2D eigenvalue weighted by atomic mass is 10.1. The van der Waals surface area contributed by atoms with Gasteiger partial charge in [-0.2, -0.15) is 0 Å². The van der Waals surface area contributed by atoms with Crippen molar-refractivity contribution < 1.29 is 9.53 Å². The molecule has 0 saturated carbocycles. The Morgan fingerprint density at radius 2 is 2.15 bits per heavy atom. The van der Waals surface area contributed by atoms with Crippen LogP contribution in [-0.2, 0) is 0 Å². The van der Waals surface area contributed by atoms with Crippen molar-refractivity contribution in [1.29, 1.82) is 0 Å². The fraction of sp³-hybridized carbons (Fsp3) is 0.333. The van der Waals surface area contributed by atoms with Gasteiger partial charge in [0.05, 0.1) is 18.2 Å². The van der Waals surface area contributed by atoms with Crippen LogP contribution in [0.5, 0.6) is 5.75 Å². The summed E-state index contributed by atoms with van der Waals surface area (Å²) in [5.41, 5.74) is 1.38. The molecular weight excluding hydrogens is 254 g/mol. The van der Waals surface area contributed by atoms with Gasteiger partial charge in [0, 0.05) is 30.7 Å². The molecule has 0 unspecified atom stereocenters. The fourth-order valence-electron chi connectivity index (χ4n) is 1.85. The zero-order valence-electron chi connectivity index (χ0n) is 12.0. The van der Waals surface area contributed by atoms with E-state index in [9.17, 15) is 4.79 Å². The minimum atomic E-state index is -0.0999. The predicted molar refractivity (Wildman–Crippen MR) is 79.2 cm³/mol. The van der Waals surface area contributed by atoms with Crippen molar-refractivity contribution in [2.45, 2.75) is 0 Å². The predicted octanol–water partition coefficient (Wildman–Crippen LogP) is 1.53. The van der Waals surface area contributed by atoms with Gasteiger partial charge in [0.25, 0.3) is 5.91 Å². The number of pyridine rings is 1. The van der Waals surface area contributed by atoms with Crippen LogP contribution in [-0.4, -0.2) is 50.1 Å². The number of ether oxygens (including phenoxy) is 1. The first kappa shape index (κ1) is 14.3. The van der Waals surface area contributed by atoms with Gasteiger partial charge in [-0.05, 0) is 32.3 Å². The Labute approximate surface area is 118 Å². The Morgan fingerprint density at radius 3 is 2.85 bits per heavy atom. The summed E-state index contributed by atoms with van der Waals surface area (Å²) < 4.78 is 5.15. The average Bonchev–Trinajstić information content (AvgIpc) is 2.45. The lowest BCUT2D eigenvalue weighted by Gasteiger charge is -2.10. The third-order valence-electron chi connectivity index (χ3n) is 3.00. The number of carbonyl (C=O) groups excluding carboxylic acids is 1. The normalized spacial score (nSPS) is 10.8. The topological polar surface area (TPSA) is 54.5 Å². The van der Waals surface area contributed by atoms with E-state index in [1.165, 1.54) is 0 Å². The lowest BCUT2D eigenvalue weighted by Crippen LogP contribution is -2.31. The van der Waals surface area contributed by atoms with Crippen LogP contribution in [0.3, 0.4) is 0 Å². The number of aromatic nitrogens is 1. The highest BCUT2D eigenvalue weighted by Crippen LogP contribution is 2.19. The molecule has 2 rings (SSSR count). The van der Waals surface area contributed by atoms with E-state index in [4.69, 9.17) is 4.74 Å². The molecule has 0 radical (unpaired) electrons. The number of benzene rings is 1. The van der Waals surface area contributed by atoms with Crippen molar-refractivity contribution in [3.8, 4) is 5.75 Å². The van der Waals surface area contributed by atoms with Crippen LogP contribution in [0.15, 0.2) is 30.5 Å². The molecule has 1 aromatic heterocycles. The molecule has 20 heavy (non-hydrogen) atoms. The van der Waals surface area contributed by atoms with Crippen LogP contribution in [0.4, 0.5) is 0 Å². The summed E-state index contributed by atoms with van der Waals surface area (Å²) in [6.07, 6.45) is 1.59. The highest BCUT2D eigenvalue weighted by molar-refractivity contribution is 5.97. The Balaban J connectivity index is 2.13. The summed E-state index contributed by atoms with van der Waals surface area (Å²) >= 11 is 0. The van der Waals surface area contributed by atoms with E-state index in [2.05, 4.69) is 10.3 Å². The van der Waals surface area contributed by atoms with E-state index in [0.717, 1.165) is 23.2 Å². The number of hydrogen-bond donors (Lipinski definition) is 1. The summed E-state index contributed by atoms with van der Waals surface area (Å²) in [4.78, 5) is 18.3. The van der Waals surface area contributed by atoms with Crippen LogP contribution in [0.2, 0.25) is 0 Å². The Bertz CT molecular complexity index is 611. The number of methoxy groups -OCH3 is 1. The lowest BCUT2D eigenvalue weighted by molar-refractivity contribution is 0.0951. The molecular formula is C15H19N3O2.